The number of phenols is 1. The average molecular weight is 511 g/mol. The lowest BCUT2D eigenvalue weighted by Gasteiger charge is -2.37. The molecule has 0 aliphatic carbocycles. The minimum absolute atomic E-state index is 0.0332. The van der Waals surface area contributed by atoms with Crippen LogP contribution in [0.15, 0.2) is 67.0 Å². The number of hydrogen-bond donors (Lipinski definition) is 3. The molecule has 3 N–H and O–H groups in total. The van der Waals surface area contributed by atoms with E-state index < -0.39 is 0 Å². The van der Waals surface area contributed by atoms with E-state index in [9.17, 15) is 9.90 Å². The molecule has 3 aliphatic rings. The monoisotopic (exact) mass is 510 g/mol. The summed E-state index contributed by atoms with van der Waals surface area (Å²) < 4.78 is 12.2. The SMILES string of the molecule is Cc1[nH]cnc1CN1CCc2cc3ccc2C1c1cccc(c1)OCCCNC(=O)c1cc(ccc1O)O3. The molecule has 0 saturated carbocycles. The quantitative estimate of drug-likeness (QED) is 0.356. The number of hydrogen-bond acceptors (Lipinski definition) is 6. The second kappa shape index (κ2) is 10.2. The summed E-state index contributed by atoms with van der Waals surface area (Å²) >= 11 is 0. The average Bonchev–Trinajstić information content (AvgIpc) is 3.33. The number of H-pyrrole nitrogens is 1. The highest BCUT2D eigenvalue weighted by molar-refractivity contribution is 5.97. The van der Waals surface area contributed by atoms with Crippen molar-refractivity contribution >= 4 is 5.91 Å². The van der Waals surface area contributed by atoms with Crippen molar-refractivity contribution in [1.29, 1.82) is 0 Å². The second-order valence-electron chi connectivity index (χ2n) is 9.77. The molecule has 194 valence electrons. The van der Waals surface area contributed by atoms with Gasteiger partial charge in [0, 0.05) is 25.3 Å². The topological polar surface area (TPSA) is 99.7 Å². The van der Waals surface area contributed by atoms with Gasteiger partial charge in [-0.1, -0.05) is 18.2 Å². The number of nitrogens with one attached hydrogen (secondary N) is 2. The first-order valence-electron chi connectivity index (χ1n) is 12.9. The number of carbonyl (C=O) groups excluding carboxylic acids is 1. The predicted molar refractivity (Wildman–Crippen MR) is 143 cm³/mol. The van der Waals surface area contributed by atoms with Crippen molar-refractivity contribution in [3.63, 3.8) is 0 Å². The zero-order valence-corrected chi connectivity index (χ0v) is 21.2. The van der Waals surface area contributed by atoms with Gasteiger partial charge in [-0.3, -0.25) is 9.69 Å². The fourth-order valence-electron chi connectivity index (χ4n) is 5.25. The molecule has 8 heteroatoms. The molecule has 3 aliphatic heterocycles. The minimum Gasteiger partial charge on any atom is -0.507 e. The first-order valence-corrected chi connectivity index (χ1v) is 12.9. The summed E-state index contributed by atoms with van der Waals surface area (Å²) in [5.74, 6) is 1.54. The lowest BCUT2D eigenvalue weighted by molar-refractivity contribution is 0.0948. The number of carbonyl (C=O) groups is 1. The number of ether oxygens (including phenoxy) is 2. The molecule has 3 aromatic carbocycles. The molecular weight excluding hydrogens is 480 g/mol. The number of benzene rings is 3. The van der Waals surface area contributed by atoms with Gasteiger partial charge in [-0.2, -0.15) is 0 Å². The fraction of sp³-hybridized carbons (Fsp3) is 0.267. The van der Waals surface area contributed by atoms with Crippen LogP contribution in [0.2, 0.25) is 0 Å². The zero-order chi connectivity index (χ0) is 26.1. The van der Waals surface area contributed by atoms with Gasteiger partial charge in [-0.15, -0.1) is 0 Å². The molecular formula is C30H30N4O4. The Morgan fingerprint density at radius 2 is 1.95 bits per heavy atom. The Balaban J connectivity index is 1.41. The summed E-state index contributed by atoms with van der Waals surface area (Å²) in [5, 5.41) is 13.1. The van der Waals surface area contributed by atoms with Crippen LogP contribution < -0.4 is 14.8 Å². The van der Waals surface area contributed by atoms with E-state index in [0.717, 1.165) is 42.2 Å². The van der Waals surface area contributed by atoms with E-state index in [2.05, 4.69) is 51.4 Å². The molecule has 7 rings (SSSR count). The molecule has 8 bridgehead atoms. The molecule has 0 spiro atoms. The van der Waals surface area contributed by atoms with Gasteiger partial charge < -0.3 is 24.9 Å². The van der Waals surface area contributed by atoms with E-state index in [1.807, 2.05) is 18.2 Å². The Morgan fingerprint density at radius 1 is 1.08 bits per heavy atom. The van der Waals surface area contributed by atoms with Gasteiger partial charge in [0.05, 0.1) is 30.2 Å². The standard InChI is InChI=1S/C30H30N4O4/c1-19-27(33-18-32-19)17-34-12-10-20-14-23-6-8-25(20)29(34)21-4-2-5-22(15-21)37-13-3-11-31-30(36)26-16-24(38-23)7-9-28(26)35/h2,4-9,14-16,18,29,35H,3,10-13,17H2,1H3,(H,31,36)(H,32,33). The van der Waals surface area contributed by atoms with Crippen LogP contribution in [0, 0.1) is 6.92 Å². The highest BCUT2D eigenvalue weighted by atomic mass is 16.5. The number of phenolic OH excluding ortho intramolecular Hbond substituents is 1. The molecule has 38 heavy (non-hydrogen) atoms. The summed E-state index contributed by atoms with van der Waals surface area (Å²) in [4.78, 5) is 22.9. The Hall–Kier alpha value is -4.30. The van der Waals surface area contributed by atoms with Gasteiger partial charge >= 0.3 is 0 Å². The summed E-state index contributed by atoms with van der Waals surface area (Å²) in [5.41, 5.74) is 5.90. The van der Waals surface area contributed by atoms with Crippen molar-refractivity contribution in [1.82, 2.24) is 20.2 Å². The van der Waals surface area contributed by atoms with E-state index in [4.69, 9.17) is 9.47 Å². The van der Waals surface area contributed by atoms with Gasteiger partial charge in [0.2, 0.25) is 0 Å². The smallest absolute Gasteiger partial charge is 0.255 e. The van der Waals surface area contributed by atoms with Crippen LogP contribution in [0.5, 0.6) is 23.0 Å². The van der Waals surface area contributed by atoms with Gasteiger partial charge in [0.15, 0.2) is 0 Å². The molecule has 0 fully saturated rings. The molecule has 1 atom stereocenters. The fourth-order valence-corrected chi connectivity index (χ4v) is 5.25. The maximum atomic E-state index is 12.7. The Morgan fingerprint density at radius 3 is 2.82 bits per heavy atom. The number of aromatic amines is 1. The molecule has 4 aromatic rings. The van der Waals surface area contributed by atoms with E-state index in [1.165, 1.54) is 17.2 Å². The first kappa shape index (κ1) is 24.1. The van der Waals surface area contributed by atoms with Crippen LogP contribution in [-0.4, -0.2) is 45.6 Å². The number of amides is 1. The Kier molecular flexibility index (Phi) is 6.47. The number of aromatic nitrogens is 2. The molecule has 0 radical (unpaired) electrons. The molecule has 4 heterocycles. The summed E-state index contributed by atoms with van der Waals surface area (Å²) in [7, 11) is 0. The summed E-state index contributed by atoms with van der Waals surface area (Å²) in [6, 6.07) is 19.2. The molecule has 8 nitrogen and oxygen atoms in total. The van der Waals surface area contributed by atoms with Crippen molar-refractivity contribution in [2.24, 2.45) is 0 Å². The third kappa shape index (κ3) is 4.82. The lowest BCUT2D eigenvalue weighted by Crippen LogP contribution is -2.36. The molecule has 0 saturated heterocycles. The Labute approximate surface area is 221 Å². The molecule has 1 unspecified atom stereocenters. The largest absolute Gasteiger partial charge is 0.507 e. The number of fused-ring (bicyclic) bond motifs is 6. The second-order valence-corrected chi connectivity index (χ2v) is 9.77. The van der Waals surface area contributed by atoms with Crippen LogP contribution in [0.25, 0.3) is 0 Å². The van der Waals surface area contributed by atoms with Crippen LogP contribution >= 0.6 is 0 Å². The summed E-state index contributed by atoms with van der Waals surface area (Å²) in [6.45, 7) is 4.53. The summed E-state index contributed by atoms with van der Waals surface area (Å²) in [6.07, 6.45) is 3.25. The van der Waals surface area contributed by atoms with E-state index in [-0.39, 0.29) is 23.3 Å². The maximum absolute atomic E-state index is 12.7. The van der Waals surface area contributed by atoms with Crippen molar-refractivity contribution in [3.8, 4) is 23.0 Å². The van der Waals surface area contributed by atoms with Crippen LogP contribution in [0.4, 0.5) is 0 Å². The predicted octanol–water partition coefficient (Wildman–Crippen LogP) is 4.88. The van der Waals surface area contributed by atoms with Crippen LogP contribution in [0.3, 0.4) is 0 Å². The van der Waals surface area contributed by atoms with Gasteiger partial charge in [0.25, 0.3) is 5.91 Å². The maximum Gasteiger partial charge on any atom is 0.255 e. The number of nitrogens with zero attached hydrogens (tertiary/aromatic N) is 2. The molecule has 1 aromatic heterocycles. The molecule has 1 amide bonds. The third-order valence-electron chi connectivity index (χ3n) is 7.23. The van der Waals surface area contributed by atoms with Crippen molar-refractivity contribution in [3.05, 3.63) is 101 Å². The highest BCUT2D eigenvalue weighted by Gasteiger charge is 2.30. The van der Waals surface area contributed by atoms with Crippen molar-refractivity contribution in [2.75, 3.05) is 19.7 Å². The van der Waals surface area contributed by atoms with Crippen LogP contribution in [0.1, 0.15) is 50.9 Å². The zero-order valence-electron chi connectivity index (χ0n) is 21.2. The highest BCUT2D eigenvalue weighted by Crippen LogP contribution is 2.39. The van der Waals surface area contributed by atoms with Gasteiger partial charge in [-0.25, -0.2) is 4.98 Å². The number of aromatic hydroxyl groups is 1. The van der Waals surface area contributed by atoms with Crippen molar-refractivity contribution in [2.45, 2.75) is 32.4 Å². The lowest BCUT2D eigenvalue weighted by atomic mass is 9.87. The third-order valence-corrected chi connectivity index (χ3v) is 7.23. The van der Waals surface area contributed by atoms with E-state index in [1.54, 1.807) is 18.5 Å². The number of imidazole rings is 1. The van der Waals surface area contributed by atoms with Crippen molar-refractivity contribution < 1.29 is 19.4 Å². The van der Waals surface area contributed by atoms with E-state index >= 15 is 0 Å². The van der Waals surface area contributed by atoms with Gasteiger partial charge in [0.1, 0.15) is 23.0 Å². The van der Waals surface area contributed by atoms with Gasteiger partial charge in [-0.05, 0) is 78.9 Å². The minimum atomic E-state index is -0.350. The first-order chi connectivity index (χ1) is 18.5. The normalized spacial score (nSPS) is 17.6. The number of rotatable bonds is 2. The Bertz CT molecular complexity index is 1480. The van der Waals surface area contributed by atoms with E-state index in [0.29, 0.717) is 31.1 Å². The van der Waals surface area contributed by atoms with Crippen LogP contribution in [-0.2, 0) is 13.0 Å². The number of aryl methyl sites for hydroxylation is 1.